The van der Waals surface area contributed by atoms with Gasteiger partial charge in [0, 0.05) is 30.3 Å². The highest BCUT2D eigenvalue weighted by molar-refractivity contribution is 6.00. The van der Waals surface area contributed by atoms with Crippen molar-refractivity contribution < 1.29 is 19.1 Å². The second-order valence-corrected chi connectivity index (χ2v) is 8.58. The second-order valence-electron chi connectivity index (χ2n) is 8.58. The first-order chi connectivity index (χ1) is 17.5. The van der Waals surface area contributed by atoms with E-state index in [2.05, 4.69) is 20.6 Å². The Bertz CT molecular complexity index is 1400. The van der Waals surface area contributed by atoms with Crippen LogP contribution in [0.25, 0.3) is 17.0 Å². The topological polar surface area (TPSA) is 111 Å². The number of nitrogens with one attached hydrogen (secondary N) is 1. The Hall–Kier alpha value is -4.47. The van der Waals surface area contributed by atoms with Crippen molar-refractivity contribution in [3.8, 4) is 23.0 Å². The molecule has 1 fully saturated rings. The zero-order valence-electron chi connectivity index (χ0n) is 20.0. The fraction of sp³-hybridized carbons (Fsp3) is 0.269. The van der Waals surface area contributed by atoms with E-state index < -0.39 is 5.92 Å². The number of fused-ring (bicyclic) bond motifs is 1. The predicted molar refractivity (Wildman–Crippen MR) is 133 cm³/mol. The standard InChI is InChI=1S/C26H26N6O4/c1-17-6-8-20(9-7-17)31-16-19(15-24(31)33)26(34)27-12-13-36-23-11-10-22-28-29-25(32(22)30-23)18-4-3-5-21(14-18)35-2/h3-11,14,19H,12-13,15-16H2,1-2H3,(H,27,34). The Kier molecular flexibility index (Phi) is 6.48. The van der Waals surface area contributed by atoms with Gasteiger partial charge in [-0.2, -0.15) is 4.52 Å². The van der Waals surface area contributed by atoms with Gasteiger partial charge in [0.25, 0.3) is 0 Å². The largest absolute Gasteiger partial charge is 0.497 e. The molecular weight excluding hydrogens is 460 g/mol. The van der Waals surface area contributed by atoms with E-state index in [1.54, 1.807) is 28.7 Å². The first kappa shape index (κ1) is 23.3. The fourth-order valence-corrected chi connectivity index (χ4v) is 4.12. The zero-order chi connectivity index (χ0) is 25.1. The van der Waals surface area contributed by atoms with E-state index in [1.165, 1.54) is 0 Å². The van der Waals surface area contributed by atoms with E-state index >= 15 is 0 Å². The molecule has 1 N–H and O–H groups in total. The summed E-state index contributed by atoms with van der Waals surface area (Å²) < 4.78 is 12.6. The summed E-state index contributed by atoms with van der Waals surface area (Å²) in [5.74, 6) is 1.04. The lowest BCUT2D eigenvalue weighted by Gasteiger charge is -2.17. The van der Waals surface area contributed by atoms with Crippen LogP contribution >= 0.6 is 0 Å². The summed E-state index contributed by atoms with van der Waals surface area (Å²) in [6.07, 6.45) is 0.194. The van der Waals surface area contributed by atoms with Crippen LogP contribution in [0.1, 0.15) is 12.0 Å². The number of aromatic nitrogens is 4. The van der Waals surface area contributed by atoms with E-state index in [-0.39, 0.29) is 24.8 Å². The highest BCUT2D eigenvalue weighted by atomic mass is 16.5. The molecule has 1 unspecified atom stereocenters. The first-order valence-electron chi connectivity index (χ1n) is 11.7. The molecule has 1 atom stereocenters. The number of benzene rings is 2. The molecule has 0 spiro atoms. The Labute approximate surface area is 207 Å². The second kappa shape index (κ2) is 10.0. The Morgan fingerprint density at radius 2 is 1.94 bits per heavy atom. The zero-order valence-corrected chi connectivity index (χ0v) is 20.0. The van der Waals surface area contributed by atoms with E-state index in [0.717, 1.165) is 16.8 Å². The minimum absolute atomic E-state index is 0.0477. The summed E-state index contributed by atoms with van der Waals surface area (Å²) in [4.78, 5) is 26.7. The van der Waals surface area contributed by atoms with E-state index in [1.807, 2.05) is 55.5 Å². The third-order valence-electron chi connectivity index (χ3n) is 6.06. The van der Waals surface area contributed by atoms with Gasteiger partial charge in [-0.25, -0.2) is 0 Å². The Morgan fingerprint density at radius 3 is 2.75 bits per heavy atom. The molecule has 0 saturated carbocycles. The number of ether oxygens (including phenoxy) is 2. The van der Waals surface area contributed by atoms with Gasteiger partial charge in [0.05, 0.1) is 19.6 Å². The highest BCUT2D eigenvalue weighted by Crippen LogP contribution is 2.26. The molecule has 2 aromatic carbocycles. The third-order valence-corrected chi connectivity index (χ3v) is 6.06. The van der Waals surface area contributed by atoms with E-state index in [0.29, 0.717) is 36.2 Å². The molecule has 1 aliphatic rings. The summed E-state index contributed by atoms with van der Waals surface area (Å²) in [5, 5.41) is 15.7. The Balaban J connectivity index is 1.16. The van der Waals surface area contributed by atoms with Gasteiger partial charge in [0.2, 0.25) is 17.7 Å². The van der Waals surface area contributed by atoms with Crippen molar-refractivity contribution in [1.82, 2.24) is 25.1 Å². The minimum Gasteiger partial charge on any atom is -0.497 e. The molecule has 3 heterocycles. The summed E-state index contributed by atoms with van der Waals surface area (Å²) >= 11 is 0. The number of nitrogens with zero attached hydrogens (tertiary/aromatic N) is 5. The van der Waals surface area contributed by atoms with Crippen LogP contribution in [0.4, 0.5) is 5.69 Å². The van der Waals surface area contributed by atoms with Crippen LogP contribution < -0.4 is 19.7 Å². The molecule has 1 saturated heterocycles. The summed E-state index contributed by atoms with van der Waals surface area (Å²) in [6, 6.07) is 18.7. The quantitative estimate of drug-likeness (QED) is 0.381. The van der Waals surface area contributed by atoms with Gasteiger partial charge >= 0.3 is 0 Å². The maximum absolute atomic E-state index is 12.6. The van der Waals surface area contributed by atoms with Crippen molar-refractivity contribution in [2.24, 2.45) is 5.92 Å². The molecule has 1 aliphatic heterocycles. The number of amides is 2. The molecule has 0 aliphatic carbocycles. The number of methoxy groups -OCH3 is 1. The van der Waals surface area contributed by atoms with Crippen LogP contribution in [-0.4, -0.2) is 58.4 Å². The van der Waals surface area contributed by atoms with Crippen LogP contribution in [0, 0.1) is 12.8 Å². The number of carbonyl (C=O) groups is 2. The van der Waals surface area contributed by atoms with Crippen LogP contribution in [0.15, 0.2) is 60.7 Å². The number of carbonyl (C=O) groups excluding carboxylic acids is 2. The summed E-state index contributed by atoms with van der Waals surface area (Å²) in [5.41, 5.74) is 3.32. The van der Waals surface area contributed by atoms with Gasteiger partial charge < -0.3 is 19.7 Å². The lowest BCUT2D eigenvalue weighted by atomic mass is 10.1. The van der Waals surface area contributed by atoms with Gasteiger partial charge in [-0.05, 0) is 37.3 Å². The molecule has 184 valence electrons. The average molecular weight is 487 g/mol. The van der Waals surface area contributed by atoms with Crippen molar-refractivity contribution in [2.45, 2.75) is 13.3 Å². The highest BCUT2D eigenvalue weighted by Gasteiger charge is 2.34. The average Bonchev–Trinajstić information content (AvgIpc) is 3.50. The van der Waals surface area contributed by atoms with Crippen molar-refractivity contribution in [2.75, 3.05) is 31.7 Å². The summed E-state index contributed by atoms with van der Waals surface area (Å²) in [6.45, 7) is 2.88. The monoisotopic (exact) mass is 486 g/mol. The molecule has 4 aromatic rings. The van der Waals surface area contributed by atoms with Gasteiger partial charge in [-0.3, -0.25) is 9.59 Å². The molecule has 10 heteroatoms. The molecule has 0 radical (unpaired) electrons. The smallest absolute Gasteiger partial charge is 0.231 e. The lowest BCUT2D eigenvalue weighted by molar-refractivity contribution is -0.126. The number of hydrogen-bond donors (Lipinski definition) is 1. The Morgan fingerprint density at radius 1 is 1.11 bits per heavy atom. The number of anilines is 1. The molecule has 10 nitrogen and oxygen atoms in total. The van der Waals surface area contributed by atoms with Crippen molar-refractivity contribution in [1.29, 1.82) is 0 Å². The SMILES string of the molecule is COc1cccc(-c2nnc3ccc(OCCNC(=O)C4CC(=O)N(c5ccc(C)cc5)C4)nn23)c1. The summed E-state index contributed by atoms with van der Waals surface area (Å²) in [7, 11) is 1.61. The number of hydrogen-bond acceptors (Lipinski definition) is 7. The fourth-order valence-electron chi connectivity index (χ4n) is 4.12. The predicted octanol–water partition coefficient (Wildman–Crippen LogP) is 2.66. The van der Waals surface area contributed by atoms with Gasteiger partial charge in [-0.1, -0.05) is 29.8 Å². The molecule has 2 aromatic heterocycles. The first-order valence-corrected chi connectivity index (χ1v) is 11.7. The van der Waals surface area contributed by atoms with E-state index in [4.69, 9.17) is 9.47 Å². The van der Waals surface area contributed by atoms with Crippen molar-refractivity contribution in [3.63, 3.8) is 0 Å². The van der Waals surface area contributed by atoms with Crippen molar-refractivity contribution in [3.05, 3.63) is 66.2 Å². The van der Waals surface area contributed by atoms with E-state index in [9.17, 15) is 9.59 Å². The molecule has 5 rings (SSSR count). The number of aryl methyl sites for hydroxylation is 1. The normalized spacial score (nSPS) is 15.3. The third kappa shape index (κ3) is 4.83. The lowest BCUT2D eigenvalue weighted by Crippen LogP contribution is -2.35. The molecular formula is C26H26N6O4. The maximum Gasteiger partial charge on any atom is 0.231 e. The van der Waals surface area contributed by atoms with Gasteiger partial charge in [0.1, 0.15) is 12.4 Å². The van der Waals surface area contributed by atoms with Crippen molar-refractivity contribution >= 4 is 23.1 Å². The van der Waals surface area contributed by atoms with Crippen LogP contribution in [0.2, 0.25) is 0 Å². The molecule has 0 bridgehead atoms. The van der Waals surface area contributed by atoms with Crippen LogP contribution in [0.3, 0.4) is 0 Å². The minimum atomic E-state index is -0.393. The number of rotatable bonds is 8. The molecule has 2 amide bonds. The van der Waals surface area contributed by atoms with Gasteiger partial charge in [0.15, 0.2) is 11.5 Å². The van der Waals surface area contributed by atoms with Crippen LogP contribution in [0.5, 0.6) is 11.6 Å². The van der Waals surface area contributed by atoms with Crippen LogP contribution in [-0.2, 0) is 9.59 Å². The molecule has 36 heavy (non-hydrogen) atoms. The van der Waals surface area contributed by atoms with Gasteiger partial charge in [-0.15, -0.1) is 15.3 Å². The maximum atomic E-state index is 12.6.